The summed E-state index contributed by atoms with van der Waals surface area (Å²) in [4.78, 5) is 18.9. The molecular formula is C23H22N2O5S2. The molecule has 0 fully saturated rings. The molecule has 0 aliphatic carbocycles. The van der Waals surface area contributed by atoms with Crippen molar-refractivity contribution in [3.05, 3.63) is 60.5 Å². The van der Waals surface area contributed by atoms with Crippen molar-refractivity contribution in [1.29, 1.82) is 0 Å². The number of ether oxygens (including phenoxy) is 2. The summed E-state index contributed by atoms with van der Waals surface area (Å²) in [5.74, 6) is 1.06. The van der Waals surface area contributed by atoms with Crippen molar-refractivity contribution in [3.8, 4) is 22.8 Å². The quantitative estimate of drug-likeness (QED) is 0.469. The second-order valence-electron chi connectivity index (χ2n) is 7.06. The summed E-state index contributed by atoms with van der Waals surface area (Å²) >= 11 is 1.30. The summed E-state index contributed by atoms with van der Waals surface area (Å²) in [7, 11) is -3.34. The molecular weight excluding hydrogens is 448 g/mol. The summed E-state index contributed by atoms with van der Waals surface area (Å²) in [6.45, 7) is 6.41. The van der Waals surface area contributed by atoms with Gasteiger partial charge in [0.1, 0.15) is 13.2 Å². The third-order valence-corrected chi connectivity index (χ3v) is 7.61. The molecule has 0 saturated heterocycles. The number of amides is 1. The van der Waals surface area contributed by atoms with Crippen LogP contribution in [0.5, 0.6) is 11.5 Å². The number of rotatable bonds is 7. The number of nitrogens with zero attached hydrogens (tertiary/aromatic N) is 2. The van der Waals surface area contributed by atoms with Gasteiger partial charge in [0, 0.05) is 10.9 Å². The number of aromatic nitrogens is 1. The predicted molar refractivity (Wildman–Crippen MR) is 125 cm³/mol. The highest BCUT2D eigenvalue weighted by molar-refractivity contribution is 7.91. The van der Waals surface area contributed by atoms with Gasteiger partial charge < -0.3 is 9.47 Å². The maximum Gasteiger partial charge on any atom is 0.256 e. The Balaban J connectivity index is 1.66. The van der Waals surface area contributed by atoms with E-state index in [2.05, 4.69) is 11.6 Å². The Morgan fingerprint density at radius 1 is 1.16 bits per heavy atom. The summed E-state index contributed by atoms with van der Waals surface area (Å²) in [6, 6.07) is 11.8. The Morgan fingerprint density at radius 3 is 2.56 bits per heavy atom. The zero-order valence-electron chi connectivity index (χ0n) is 17.5. The predicted octanol–water partition coefficient (Wildman–Crippen LogP) is 4.62. The van der Waals surface area contributed by atoms with Crippen LogP contribution in [0.15, 0.2) is 65.4 Å². The van der Waals surface area contributed by atoms with Gasteiger partial charge in [0.2, 0.25) is 0 Å². The Morgan fingerprint density at radius 2 is 1.88 bits per heavy atom. The molecule has 9 heteroatoms. The first-order valence-electron chi connectivity index (χ1n) is 10.1. The Hall–Kier alpha value is -3.17. The normalized spacial score (nSPS) is 12.9. The molecule has 2 heterocycles. The highest BCUT2D eigenvalue weighted by atomic mass is 32.2. The number of hydrogen-bond donors (Lipinski definition) is 0. The average molecular weight is 471 g/mol. The molecule has 0 saturated carbocycles. The maximum absolute atomic E-state index is 12.7. The number of thiazole rings is 1. The van der Waals surface area contributed by atoms with Crippen LogP contribution in [0.2, 0.25) is 0 Å². The lowest BCUT2D eigenvalue weighted by Gasteiger charge is -2.19. The summed E-state index contributed by atoms with van der Waals surface area (Å²) in [6.07, 6.45) is 1.74. The molecule has 7 nitrogen and oxygen atoms in total. The van der Waals surface area contributed by atoms with Gasteiger partial charge in [-0.15, -0.1) is 11.3 Å². The van der Waals surface area contributed by atoms with Crippen molar-refractivity contribution < 1.29 is 22.7 Å². The van der Waals surface area contributed by atoms with Crippen LogP contribution >= 0.6 is 11.3 Å². The third kappa shape index (κ3) is 4.39. The fraction of sp³-hybridized carbons (Fsp3) is 0.217. The zero-order chi connectivity index (χ0) is 22.7. The Bertz CT molecular complexity index is 1250. The number of anilines is 2. The minimum atomic E-state index is -3.34. The Labute approximate surface area is 190 Å². The molecule has 0 unspecified atom stereocenters. The van der Waals surface area contributed by atoms with Crippen LogP contribution in [0.3, 0.4) is 0 Å². The number of benzene rings is 2. The molecule has 1 aliphatic rings. The van der Waals surface area contributed by atoms with Crippen LogP contribution in [0, 0.1) is 0 Å². The van der Waals surface area contributed by atoms with Gasteiger partial charge in [-0.2, -0.15) is 0 Å². The van der Waals surface area contributed by atoms with E-state index in [1.54, 1.807) is 12.1 Å². The smallest absolute Gasteiger partial charge is 0.256 e. The number of carbonyl (C=O) groups is 1. The highest BCUT2D eigenvalue weighted by Gasteiger charge is 2.22. The SMILES string of the molecule is C=CC(=O)N(c1ccc(S(=O)(=O)CCC)cc1)c1nc(-c2ccc3c(c2)OCCO3)cs1. The molecule has 0 spiro atoms. The van der Waals surface area contributed by atoms with Gasteiger partial charge in [-0.3, -0.25) is 9.69 Å². The molecule has 1 aliphatic heterocycles. The van der Waals surface area contributed by atoms with Crippen LogP contribution < -0.4 is 14.4 Å². The zero-order valence-corrected chi connectivity index (χ0v) is 19.1. The maximum atomic E-state index is 12.7. The fourth-order valence-corrected chi connectivity index (χ4v) is 5.50. The minimum Gasteiger partial charge on any atom is -0.486 e. The van der Waals surface area contributed by atoms with Crippen LogP contribution in [0.4, 0.5) is 10.8 Å². The van der Waals surface area contributed by atoms with Crippen molar-refractivity contribution in [1.82, 2.24) is 4.98 Å². The van der Waals surface area contributed by atoms with Crippen molar-refractivity contribution in [3.63, 3.8) is 0 Å². The Kier molecular flexibility index (Phi) is 6.29. The average Bonchev–Trinajstić information content (AvgIpc) is 3.29. The van der Waals surface area contributed by atoms with Gasteiger partial charge >= 0.3 is 0 Å². The van der Waals surface area contributed by atoms with Gasteiger partial charge in [-0.1, -0.05) is 13.5 Å². The number of carbonyl (C=O) groups excluding carboxylic acids is 1. The van der Waals surface area contributed by atoms with Gasteiger partial charge in [0.25, 0.3) is 5.91 Å². The second-order valence-corrected chi connectivity index (χ2v) is 10.0. The van der Waals surface area contributed by atoms with E-state index < -0.39 is 9.84 Å². The number of hydrogen-bond acceptors (Lipinski definition) is 7. The highest BCUT2D eigenvalue weighted by Crippen LogP contribution is 2.37. The fourth-order valence-electron chi connectivity index (χ4n) is 3.31. The molecule has 0 atom stereocenters. The van der Waals surface area contributed by atoms with Crippen LogP contribution in [0.1, 0.15) is 13.3 Å². The van der Waals surface area contributed by atoms with E-state index in [1.807, 2.05) is 30.5 Å². The topological polar surface area (TPSA) is 85.8 Å². The lowest BCUT2D eigenvalue weighted by Crippen LogP contribution is -2.23. The molecule has 32 heavy (non-hydrogen) atoms. The molecule has 0 N–H and O–H groups in total. The van der Waals surface area contributed by atoms with E-state index >= 15 is 0 Å². The summed E-state index contributed by atoms with van der Waals surface area (Å²) in [5, 5.41) is 2.30. The molecule has 3 aromatic rings. The lowest BCUT2D eigenvalue weighted by atomic mass is 10.1. The van der Waals surface area contributed by atoms with Gasteiger partial charge in [-0.05, 0) is 55.0 Å². The van der Waals surface area contributed by atoms with Crippen LogP contribution in [0.25, 0.3) is 11.3 Å². The second kappa shape index (κ2) is 9.13. The molecule has 0 bridgehead atoms. The minimum absolute atomic E-state index is 0.0764. The van der Waals surface area contributed by atoms with Crippen molar-refractivity contribution in [2.45, 2.75) is 18.2 Å². The van der Waals surface area contributed by atoms with Gasteiger partial charge in [0.05, 0.1) is 22.0 Å². The monoisotopic (exact) mass is 470 g/mol. The summed E-state index contributed by atoms with van der Waals surface area (Å²) in [5.41, 5.74) is 2.03. The summed E-state index contributed by atoms with van der Waals surface area (Å²) < 4.78 is 35.8. The molecule has 166 valence electrons. The van der Waals surface area contributed by atoms with Gasteiger partial charge in [-0.25, -0.2) is 13.4 Å². The molecule has 2 aromatic carbocycles. The van der Waals surface area contributed by atoms with Gasteiger partial charge in [0.15, 0.2) is 26.5 Å². The number of fused-ring (bicyclic) bond motifs is 1. The van der Waals surface area contributed by atoms with E-state index in [-0.39, 0.29) is 16.6 Å². The van der Waals surface area contributed by atoms with Crippen molar-refractivity contribution >= 4 is 37.9 Å². The largest absolute Gasteiger partial charge is 0.486 e. The van der Waals surface area contributed by atoms with Crippen molar-refractivity contribution in [2.75, 3.05) is 23.9 Å². The molecule has 4 rings (SSSR count). The molecule has 1 aromatic heterocycles. The third-order valence-electron chi connectivity index (χ3n) is 4.84. The number of sulfone groups is 1. The lowest BCUT2D eigenvalue weighted by molar-refractivity contribution is -0.113. The molecule has 0 radical (unpaired) electrons. The first-order valence-corrected chi connectivity index (χ1v) is 12.6. The van der Waals surface area contributed by atoms with E-state index in [9.17, 15) is 13.2 Å². The van der Waals surface area contributed by atoms with E-state index in [4.69, 9.17) is 9.47 Å². The first kappa shape index (κ1) is 22.0. The van der Waals surface area contributed by atoms with Crippen LogP contribution in [-0.4, -0.2) is 38.3 Å². The van der Waals surface area contributed by atoms with E-state index in [0.717, 1.165) is 5.56 Å². The van der Waals surface area contributed by atoms with Crippen molar-refractivity contribution in [2.24, 2.45) is 0 Å². The molecule has 1 amide bonds. The van der Waals surface area contributed by atoms with Crippen LogP contribution in [-0.2, 0) is 14.6 Å². The van der Waals surface area contributed by atoms with E-state index in [1.165, 1.54) is 34.4 Å². The standard InChI is InChI=1S/C23H22N2O5S2/c1-3-13-32(27,28)18-8-6-17(7-9-18)25(22(26)4-2)23-24-19(15-31-23)16-5-10-20-21(14-16)30-12-11-29-20/h4-10,14-15H,2-3,11-13H2,1H3. The first-order chi connectivity index (χ1) is 15.4. The van der Waals surface area contributed by atoms with E-state index in [0.29, 0.717) is 47.6 Å².